The Morgan fingerprint density at radius 2 is 1.90 bits per heavy atom. The van der Waals surface area contributed by atoms with Crippen LogP contribution in [0.3, 0.4) is 0 Å². The molecule has 1 aromatic carbocycles. The number of aromatic hydroxyl groups is 1. The molecule has 4 heterocycles. The van der Waals surface area contributed by atoms with E-state index < -0.39 is 0 Å². The number of H-pyrrole nitrogens is 2. The molecule has 0 fully saturated rings. The van der Waals surface area contributed by atoms with Crippen molar-refractivity contribution in [2.24, 2.45) is 0 Å². The van der Waals surface area contributed by atoms with Crippen molar-refractivity contribution in [1.82, 2.24) is 34.1 Å². The molecule has 0 saturated heterocycles. The zero-order chi connectivity index (χ0) is 20.5. The Labute approximate surface area is 174 Å². The Bertz CT molecular complexity index is 1350. The molecule has 0 unspecified atom stereocenters. The number of rotatable bonds is 6. The van der Waals surface area contributed by atoms with E-state index in [1.54, 1.807) is 59.7 Å². The minimum absolute atomic E-state index is 0.134. The number of fused-ring (bicyclic) bond motifs is 1. The fraction of sp³-hybridized carbons (Fsp3) is 0.100. The number of phenols is 1. The summed E-state index contributed by atoms with van der Waals surface area (Å²) in [6.45, 7) is 0.581. The first-order valence-electron chi connectivity index (χ1n) is 9.19. The third-order valence-electron chi connectivity index (χ3n) is 4.66. The summed E-state index contributed by atoms with van der Waals surface area (Å²) in [5.41, 5.74) is 1.48. The Hall–Kier alpha value is -3.79. The molecule has 4 aromatic heterocycles. The molecule has 0 saturated carbocycles. The lowest BCUT2D eigenvalue weighted by Gasteiger charge is -2.12. The SMILES string of the molecule is O=c1c2[nH]ccc2nc(SCc2nccn2Cc2ncc[nH]2)n1-c1ccc(O)cc1. The maximum atomic E-state index is 13.1. The van der Waals surface area contributed by atoms with Crippen molar-refractivity contribution in [3.8, 4) is 11.4 Å². The fourth-order valence-electron chi connectivity index (χ4n) is 3.20. The van der Waals surface area contributed by atoms with Crippen LogP contribution >= 0.6 is 11.8 Å². The highest BCUT2D eigenvalue weighted by Gasteiger charge is 2.15. The summed E-state index contributed by atoms with van der Waals surface area (Å²) in [6.07, 6.45) is 8.84. The summed E-state index contributed by atoms with van der Waals surface area (Å²) in [5, 5.41) is 10.2. The highest BCUT2D eigenvalue weighted by molar-refractivity contribution is 7.98. The number of hydrogen-bond acceptors (Lipinski definition) is 6. The van der Waals surface area contributed by atoms with Crippen LogP contribution < -0.4 is 5.56 Å². The third-order valence-corrected chi connectivity index (χ3v) is 5.60. The van der Waals surface area contributed by atoms with Crippen molar-refractivity contribution >= 4 is 22.8 Å². The number of aromatic nitrogens is 7. The van der Waals surface area contributed by atoms with Gasteiger partial charge in [0.25, 0.3) is 5.56 Å². The molecule has 3 N–H and O–H groups in total. The minimum atomic E-state index is -0.197. The second kappa shape index (κ2) is 7.56. The van der Waals surface area contributed by atoms with Crippen LogP contribution in [0.15, 0.2) is 71.3 Å². The van der Waals surface area contributed by atoms with Crippen LogP contribution in [-0.2, 0) is 12.3 Å². The maximum absolute atomic E-state index is 13.1. The van der Waals surface area contributed by atoms with Crippen LogP contribution in [-0.4, -0.2) is 39.2 Å². The van der Waals surface area contributed by atoms with E-state index in [0.717, 1.165) is 11.6 Å². The van der Waals surface area contributed by atoms with Crippen molar-refractivity contribution in [3.63, 3.8) is 0 Å². The van der Waals surface area contributed by atoms with E-state index in [2.05, 4.69) is 24.9 Å². The van der Waals surface area contributed by atoms with E-state index in [9.17, 15) is 9.90 Å². The topological polar surface area (TPSA) is 117 Å². The van der Waals surface area contributed by atoms with Crippen LogP contribution in [0.1, 0.15) is 11.6 Å². The highest BCUT2D eigenvalue weighted by Crippen LogP contribution is 2.25. The molecule has 0 aliphatic heterocycles. The summed E-state index contributed by atoms with van der Waals surface area (Å²) < 4.78 is 3.55. The Balaban J connectivity index is 1.50. The molecular weight excluding hydrogens is 402 g/mol. The van der Waals surface area contributed by atoms with Crippen molar-refractivity contribution < 1.29 is 5.11 Å². The zero-order valence-electron chi connectivity index (χ0n) is 15.7. The molecule has 10 heteroatoms. The molecule has 5 rings (SSSR count). The van der Waals surface area contributed by atoms with E-state index in [0.29, 0.717) is 34.2 Å². The minimum Gasteiger partial charge on any atom is -0.508 e. The molecule has 0 radical (unpaired) electrons. The summed E-state index contributed by atoms with van der Waals surface area (Å²) in [7, 11) is 0. The van der Waals surface area contributed by atoms with Gasteiger partial charge in [0.05, 0.1) is 23.5 Å². The summed E-state index contributed by atoms with van der Waals surface area (Å²) in [5.74, 6) is 2.34. The van der Waals surface area contributed by atoms with E-state index >= 15 is 0 Å². The lowest BCUT2D eigenvalue weighted by atomic mass is 10.3. The lowest BCUT2D eigenvalue weighted by molar-refractivity contribution is 0.475. The predicted octanol–water partition coefficient (Wildman–Crippen LogP) is 2.68. The molecule has 30 heavy (non-hydrogen) atoms. The van der Waals surface area contributed by atoms with Gasteiger partial charge in [0.2, 0.25) is 0 Å². The van der Waals surface area contributed by atoms with Gasteiger partial charge in [-0.2, -0.15) is 0 Å². The van der Waals surface area contributed by atoms with Crippen LogP contribution in [0.5, 0.6) is 5.75 Å². The number of aromatic amines is 2. The number of imidazole rings is 2. The van der Waals surface area contributed by atoms with Crippen molar-refractivity contribution in [3.05, 3.63) is 83.3 Å². The average Bonchev–Trinajstić information content (AvgIpc) is 3.50. The molecule has 0 amide bonds. The molecular formula is C20H17N7O2S. The summed E-state index contributed by atoms with van der Waals surface area (Å²) >= 11 is 1.42. The first-order chi connectivity index (χ1) is 14.7. The summed E-state index contributed by atoms with van der Waals surface area (Å²) in [6, 6.07) is 8.25. The monoisotopic (exact) mass is 419 g/mol. The number of nitrogens with zero attached hydrogens (tertiary/aromatic N) is 5. The molecule has 0 bridgehead atoms. The first kappa shape index (κ1) is 18.3. The van der Waals surface area contributed by atoms with Crippen molar-refractivity contribution in [1.29, 1.82) is 0 Å². The summed E-state index contributed by atoms with van der Waals surface area (Å²) in [4.78, 5) is 32.5. The average molecular weight is 419 g/mol. The first-order valence-corrected chi connectivity index (χ1v) is 10.2. The largest absolute Gasteiger partial charge is 0.508 e. The van der Waals surface area contributed by atoms with Gasteiger partial charge in [-0.25, -0.2) is 15.0 Å². The van der Waals surface area contributed by atoms with Crippen LogP contribution in [0, 0.1) is 0 Å². The molecule has 0 atom stereocenters. The third kappa shape index (κ3) is 3.37. The zero-order valence-corrected chi connectivity index (χ0v) is 16.5. The Kier molecular flexibility index (Phi) is 4.60. The van der Waals surface area contributed by atoms with Gasteiger partial charge in [-0.3, -0.25) is 9.36 Å². The van der Waals surface area contributed by atoms with Gasteiger partial charge in [-0.1, -0.05) is 11.8 Å². The maximum Gasteiger partial charge on any atom is 0.283 e. The van der Waals surface area contributed by atoms with Gasteiger partial charge >= 0.3 is 0 Å². The quantitative estimate of drug-likeness (QED) is 0.288. The van der Waals surface area contributed by atoms with Gasteiger partial charge < -0.3 is 19.6 Å². The second-order valence-electron chi connectivity index (χ2n) is 6.59. The van der Waals surface area contributed by atoms with Crippen LogP contribution in [0.2, 0.25) is 0 Å². The van der Waals surface area contributed by atoms with Gasteiger partial charge in [0.1, 0.15) is 22.9 Å². The standard InChI is InChI=1S/C20H17N7O2S/c28-14-3-1-13(2-4-14)27-19(29)18-15(5-6-24-18)25-20(27)30-12-17-23-9-10-26(17)11-16-21-7-8-22-16/h1-10,24,28H,11-12H2,(H,21,22). The van der Waals surface area contributed by atoms with Crippen LogP contribution in [0.25, 0.3) is 16.7 Å². The number of phenolic OH excluding ortho intramolecular Hbond substituents is 1. The molecule has 150 valence electrons. The normalized spacial score (nSPS) is 11.3. The van der Waals surface area contributed by atoms with E-state index in [1.807, 2.05) is 10.8 Å². The second-order valence-corrected chi connectivity index (χ2v) is 7.53. The molecule has 0 aliphatic rings. The Morgan fingerprint density at radius 1 is 1.03 bits per heavy atom. The Morgan fingerprint density at radius 3 is 2.70 bits per heavy atom. The van der Waals surface area contributed by atoms with E-state index in [-0.39, 0.29) is 11.3 Å². The molecule has 5 aromatic rings. The predicted molar refractivity (Wildman–Crippen MR) is 113 cm³/mol. The van der Waals surface area contributed by atoms with Gasteiger partial charge in [-0.15, -0.1) is 0 Å². The smallest absolute Gasteiger partial charge is 0.283 e. The van der Waals surface area contributed by atoms with Crippen LogP contribution in [0.4, 0.5) is 0 Å². The molecule has 0 spiro atoms. The number of nitrogens with one attached hydrogen (secondary N) is 2. The highest BCUT2D eigenvalue weighted by atomic mass is 32.2. The molecule has 9 nitrogen and oxygen atoms in total. The van der Waals surface area contributed by atoms with Crippen molar-refractivity contribution in [2.45, 2.75) is 17.5 Å². The van der Waals surface area contributed by atoms with Gasteiger partial charge in [0, 0.05) is 31.0 Å². The van der Waals surface area contributed by atoms with Gasteiger partial charge in [-0.05, 0) is 30.3 Å². The lowest BCUT2D eigenvalue weighted by Crippen LogP contribution is -2.21. The fourth-order valence-corrected chi connectivity index (χ4v) is 4.18. The van der Waals surface area contributed by atoms with E-state index in [4.69, 9.17) is 0 Å². The number of hydrogen-bond donors (Lipinski definition) is 3. The molecule has 0 aliphatic carbocycles. The van der Waals surface area contributed by atoms with E-state index in [1.165, 1.54) is 11.8 Å². The van der Waals surface area contributed by atoms with Gasteiger partial charge in [0.15, 0.2) is 5.16 Å². The number of thioether (sulfide) groups is 1. The van der Waals surface area contributed by atoms with Crippen molar-refractivity contribution in [2.75, 3.05) is 0 Å². The number of benzene rings is 1.